The third-order valence-electron chi connectivity index (χ3n) is 2.48. The maximum Gasteiger partial charge on any atom is 0.303 e. The summed E-state index contributed by atoms with van der Waals surface area (Å²) < 4.78 is 10.5. The summed E-state index contributed by atoms with van der Waals surface area (Å²) in [5.74, 6) is -1.28. The SMILES string of the molecule is CCC(CCCCC(=O)O)(OC)OC. The molecule has 0 bridgehead atoms. The van der Waals surface area contributed by atoms with E-state index in [0.29, 0.717) is 6.42 Å². The number of rotatable bonds is 8. The van der Waals surface area contributed by atoms with Crippen molar-refractivity contribution in [2.24, 2.45) is 0 Å². The van der Waals surface area contributed by atoms with Crippen molar-refractivity contribution in [3.05, 3.63) is 0 Å². The second-order valence-corrected chi connectivity index (χ2v) is 3.27. The van der Waals surface area contributed by atoms with E-state index in [9.17, 15) is 4.79 Å². The van der Waals surface area contributed by atoms with Crippen LogP contribution >= 0.6 is 0 Å². The summed E-state index contributed by atoms with van der Waals surface area (Å²) in [5, 5.41) is 8.45. The van der Waals surface area contributed by atoms with Crippen molar-refractivity contribution in [2.45, 2.75) is 44.8 Å². The van der Waals surface area contributed by atoms with E-state index in [1.165, 1.54) is 0 Å². The first-order chi connectivity index (χ1) is 6.60. The number of methoxy groups -OCH3 is 2. The van der Waals surface area contributed by atoms with Gasteiger partial charge in [-0.05, 0) is 19.3 Å². The highest BCUT2D eigenvalue weighted by Crippen LogP contribution is 2.23. The molecular weight excluding hydrogens is 184 g/mol. The molecule has 0 aromatic rings. The number of ether oxygens (including phenoxy) is 2. The van der Waals surface area contributed by atoms with Crippen molar-refractivity contribution in [1.82, 2.24) is 0 Å². The van der Waals surface area contributed by atoms with Crippen LogP contribution in [0.15, 0.2) is 0 Å². The monoisotopic (exact) mass is 204 g/mol. The van der Waals surface area contributed by atoms with E-state index in [1.54, 1.807) is 14.2 Å². The van der Waals surface area contributed by atoms with Crippen LogP contribution in [0.4, 0.5) is 0 Å². The molecule has 4 nitrogen and oxygen atoms in total. The predicted molar refractivity (Wildman–Crippen MR) is 53.1 cm³/mol. The van der Waals surface area contributed by atoms with Crippen LogP contribution in [0.25, 0.3) is 0 Å². The van der Waals surface area contributed by atoms with Crippen LogP contribution in [-0.2, 0) is 14.3 Å². The minimum atomic E-state index is -0.748. The lowest BCUT2D eigenvalue weighted by atomic mass is 10.0. The summed E-state index contributed by atoms with van der Waals surface area (Å²) in [7, 11) is 3.23. The van der Waals surface area contributed by atoms with Crippen LogP contribution in [0.3, 0.4) is 0 Å². The third kappa shape index (κ3) is 4.58. The average molecular weight is 204 g/mol. The molecule has 0 rings (SSSR count). The quantitative estimate of drug-likeness (QED) is 0.485. The lowest BCUT2D eigenvalue weighted by molar-refractivity contribution is -0.213. The number of carboxylic acid groups (broad SMARTS) is 1. The zero-order chi connectivity index (χ0) is 11.0. The number of hydrogen-bond donors (Lipinski definition) is 1. The number of unbranched alkanes of at least 4 members (excludes halogenated alkanes) is 1. The smallest absolute Gasteiger partial charge is 0.303 e. The van der Waals surface area contributed by atoms with Crippen molar-refractivity contribution in [3.63, 3.8) is 0 Å². The minimum Gasteiger partial charge on any atom is -0.481 e. The zero-order valence-electron chi connectivity index (χ0n) is 9.21. The van der Waals surface area contributed by atoms with Crippen LogP contribution in [0, 0.1) is 0 Å². The van der Waals surface area contributed by atoms with Crippen LogP contribution in [0.5, 0.6) is 0 Å². The fraction of sp³-hybridized carbons (Fsp3) is 0.900. The van der Waals surface area contributed by atoms with Gasteiger partial charge < -0.3 is 14.6 Å². The van der Waals surface area contributed by atoms with Crippen LogP contribution in [0.1, 0.15) is 39.0 Å². The molecule has 0 aliphatic heterocycles. The maximum absolute atomic E-state index is 10.3. The normalized spacial score (nSPS) is 11.6. The first kappa shape index (κ1) is 13.4. The summed E-state index contributed by atoms with van der Waals surface area (Å²) in [5.41, 5.74) is 0. The van der Waals surface area contributed by atoms with Gasteiger partial charge in [0, 0.05) is 27.1 Å². The lowest BCUT2D eigenvalue weighted by Gasteiger charge is -2.29. The van der Waals surface area contributed by atoms with Crippen molar-refractivity contribution >= 4 is 5.97 Å². The summed E-state index contributed by atoms with van der Waals surface area (Å²) in [6.45, 7) is 1.99. The highest BCUT2D eigenvalue weighted by molar-refractivity contribution is 5.66. The van der Waals surface area contributed by atoms with Crippen molar-refractivity contribution in [2.75, 3.05) is 14.2 Å². The zero-order valence-corrected chi connectivity index (χ0v) is 9.21. The summed E-state index contributed by atoms with van der Waals surface area (Å²) >= 11 is 0. The van der Waals surface area contributed by atoms with E-state index < -0.39 is 11.8 Å². The molecule has 0 fully saturated rings. The Morgan fingerprint density at radius 1 is 1.29 bits per heavy atom. The standard InChI is InChI=1S/C10H20O4/c1-4-10(13-2,14-3)8-6-5-7-9(11)12/h4-8H2,1-3H3,(H,11,12). The van der Waals surface area contributed by atoms with E-state index in [0.717, 1.165) is 19.3 Å². The summed E-state index contributed by atoms with van der Waals surface area (Å²) in [6, 6.07) is 0. The van der Waals surface area contributed by atoms with Crippen LogP contribution in [0.2, 0.25) is 0 Å². The average Bonchev–Trinajstić information content (AvgIpc) is 2.19. The molecule has 0 heterocycles. The van der Waals surface area contributed by atoms with E-state index in [1.807, 2.05) is 6.92 Å². The van der Waals surface area contributed by atoms with Crippen molar-refractivity contribution in [3.8, 4) is 0 Å². The van der Waals surface area contributed by atoms with Crippen LogP contribution in [-0.4, -0.2) is 31.1 Å². The van der Waals surface area contributed by atoms with Gasteiger partial charge in [0.2, 0.25) is 0 Å². The maximum atomic E-state index is 10.3. The first-order valence-corrected chi connectivity index (χ1v) is 4.92. The first-order valence-electron chi connectivity index (χ1n) is 4.92. The fourth-order valence-corrected chi connectivity index (χ4v) is 1.42. The fourth-order valence-electron chi connectivity index (χ4n) is 1.42. The van der Waals surface area contributed by atoms with Gasteiger partial charge in [0.1, 0.15) is 0 Å². The second-order valence-electron chi connectivity index (χ2n) is 3.27. The van der Waals surface area contributed by atoms with Crippen molar-refractivity contribution in [1.29, 1.82) is 0 Å². The molecule has 0 saturated heterocycles. The Morgan fingerprint density at radius 3 is 2.21 bits per heavy atom. The minimum absolute atomic E-state index is 0.215. The molecule has 0 aromatic heterocycles. The molecule has 0 aliphatic rings. The van der Waals surface area contributed by atoms with E-state index in [2.05, 4.69) is 0 Å². The third-order valence-corrected chi connectivity index (χ3v) is 2.48. The molecule has 0 unspecified atom stereocenters. The molecule has 4 heteroatoms. The van der Waals surface area contributed by atoms with Gasteiger partial charge in [-0.1, -0.05) is 6.92 Å². The molecule has 14 heavy (non-hydrogen) atoms. The lowest BCUT2D eigenvalue weighted by Crippen LogP contribution is -2.32. The highest BCUT2D eigenvalue weighted by atomic mass is 16.7. The molecule has 0 saturated carbocycles. The van der Waals surface area contributed by atoms with Gasteiger partial charge in [0.15, 0.2) is 5.79 Å². The summed E-state index contributed by atoms with van der Waals surface area (Å²) in [4.78, 5) is 10.3. The van der Waals surface area contributed by atoms with Gasteiger partial charge in [0.05, 0.1) is 0 Å². The molecule has 1 N–H and O–H groups in total. The molecule has 0 amide bonds. The van der Waals surface area contributed by atoms with Gasteiger partial charge in [-0.3, -0.25) is 4.79 Å². The molecule has 0 radical (unpaired) electrons. The van der Waals surface area contributed by atoms with E-state index >= 15 is 0 Å². The molecule has 0 atom stereocenters. The largest absolute Gasteiger partial charge is 0.481 e. The Hall–Kier alpha value is -0.610. The van der Waals surface area contributed by atoms with Gasteiger partial charge in [-0.2, -0.15) is 0 Å². The highest BCUT2D eigenvalue weighted by Gasteiger charge is 2.26. The number of carbonyl (C=O) groups is 1. The molecule has 0 aliphatic carbocycles. The van der Waals surface area contributed by atoms with Gasteiger partial charge >= 0.3 is 5.97 Å². The molecular formula is C10H20O4. The Bertz CT molecular complexity index is 155. The number of hydrogen-bond acceptors (Lipinski definition) is 3. The van der Waals surface area contributed by atoms with Gasteiger partial charge in [-0.25, -0.2) is 0 Å². The predicted octanol–water partition coefficient (Wildman–Crippen LogP) is 2.03. The van der Waals surface area contributed by atoms with E-state index in [4.69, 9.17) is 14.6 Å². The Morgan fingerprint density at radius 2 is 1.86 bits per heavy atom. The van der Waals surface area contributed by atoms with Crippen molar-refractivity contribution < 1.29 is 19.4 Å². The molecule has 0 spiro atoms. The molecule has 0 aromatic carbocycles. The molecule has 84 valence electrons. The Labute approximate surface area is 85.2 Å². The second kappa shape index (κ2) is 6.79. The number of aliphatic carboxylic acids is 1. The van der Waals surface area contributed by atoms with Crippen LogP contribution < -0.4 is 0 Å². The topological polar surface area (TPSA) is 55.8 Å². The summed E-state index contributed by atoms with van der Waals surface area (Å²) in [6.07, 6.45) is 3.20. The van der Waals surface area contributed by atoms with Gasteiger partial charge in [0.25, 0.3) is 0 Å². The Kier molecular flexibility index (Phi) is 6.49. The number of carboxylic acids is 1. The Balaban J connectivity index is 3.77. The van der Waals surface area contributed by atoms with E-state index in [-0.39, 0.29) is 6.42 Å². The van der Waals surface area contributed by atoms with Gasteiger partial charge in [-0.15, -0.1) is 0 Å².